The molecule has 0 aliphatic carbocycles. The molecule has 1 aromatic heterocycles. The summed E-state index contributed by atoms with van der Waals surface area (Å²) in [6, 6.07) is 15.5. The van der Waals surface area contributed by atoms with E-state index in [1.165, 1.54) is 11.8 Å². The molecule has 0 saturated carbocycles. The molecule has 0 aliphatic heterocycles. The van der Waals surface area contributed by atoms with Crippen LogP contribution in [0.2, 0.25) is 5.02 Å². The van der Waals surface area contributed by atoms with Gasteiger partial charge in [0, 0.05) is 11.6 Å². The first-order valence-corrected chi connectivity index (χ1v) is 9.24. The van der Waals surface area contributed by atoms with Gasteiger partial charge in [-0.05, 0) is 30.7 Å². The summed E-state index contributed by atoms with van der Waals surface area (Å²) >= 11 is 9.19. The number of benzene rings is 2. The molecule has 1 N–H and O–H groups in total. The van der Waals surface area contributed by atoms with Gasteiger partial charge in [-0.2, -0.15) is 0 Å². The second-order valence-corrected chi connectivity index (χ2v) is 8.04. The quantitative estimate of drug-likeness (QED) is 0.666. The number of carbonyl (C=O) groups excluding carboxylic acids is 1. The van der Waals surface area contributed by atoms with E-state index in [0.29, 0.717) is 11.6 Å². The third-order valence-electron chi connectivity index (χ3n) is 3.33. The lowest BCUT2D eigenvalue weighted by Crippen LogP contribution is -2.30. The molecule has 118 valence electrons. The molecular formula is C17H15ClN2OS2. The Morgan fingerprint density at radius 2 is 2.00 bits per heavy atom. The van der Waals surface area contributed by atoms with Crippen molar-refractivity contribution >= 4 is 50.8 Å². The lowest BCUT2D eigenvalue weighted by atomic mass is 10.2. The fourth-order valence-electron chi connectivity index (χ4n) is 2.07. The van der Waals surface area contributed by atoms with Crippen molar-refractivity contribution in [3.8, 4) is 0 Å². The summed E-state index contributed by atoms with van der Waals surface area (Å²) < 4.78 is 2.05. The predicted octanol–water partition coefficient (Wildman–Crippen LogP) is 4.75. The van der Waals surface area contributed by atoms with Crippen molar-refractivity contribution in [2.24, 2.45) is 0 Å². The van der Waals surface area contributed by atoms with Gasteiger partial charge >= 0.3 is 0 Å². The molecule has 0 bridgehead atoms. The maximum Gasteiger partial charge on any atom is 0.233 e. The monoisotopic (exact) mass is 362 g/mol. The molecule has 1 amide bonds. The van der Waals surface area contributed by atoms with Crippen molar-refractivity contribution in [1.82, 2.24) is 10.3 Å². The zero-order valence-corrected chi connectivity index (χ0v) is 14.8. The number of para-hydroxylation sites is 1. The smallest absolute Gasteiger partial charge is 0.233 e. The Kier molecular flexibility index (Phi) is 5.20. The van der Waals surface area contributed by atoms with Gasteiger partial charge in [0.05, 0.1) is 15.5 Å². The molecule has 0 saturated heterocycles. The van der Waals surface area contributed by atoms with Crippen LogP contribution in [0.3, 0.4) is 0 Å². The van der Waals surface area contributed by atoms with Gasteiger partial charge in [0.2, 0.25) is 5.91 Å². The zero-order chi connectivity index (χ0) is 16.2. The molecule has 0 fully saturated rings. The molecule has 1 atom stereocenters. The number of nitrogens with zero attached hydrogens (tertiary/aromatic N) is 1. The molecule has 1 heterocycles. The zero-order valence-electron chi connectivity index (χ0n) is 12.5. The van der Waals surface area contributed by atoms with Crippen molar-refractivity contribution in [3.05, 3.63) is 59.1 Å². The number of nitrogens with one attached hydrogen (secondary N) is 1. The van der Waals surface area contributed by atoms with E-state index in [1.54, 1.807) is 11.3 Å². The van der Waals surface area contributed by atoms with Crippen molar-refractivity contribution in [3.63, 3.8) is 0 Å². The van der Waals surface area contributed by atoms with Crippen LogP contribution in [0.4, 0.5) is 0 Å². The third kappa shape index (κ3) is 4.05. The highest BCUT2D eigenvalue weighted by atomic mass is 35.5. The van der Waals surface area contributed by atoms with Crippen molar-refractivity contribution in [2.75, 3.05) is 0 Å². The lowest BCUT2D eigenvalue weighted by molar-refractivity contribution is -0.120. The van der Waals surface area contributed by atoms with Crippen LogP contribution < -0.4 is 5.32 Å². The van der Waals surface area contributed by atoms with Gasteiger partial charge in [-0.15, -0.1) is 11.3 Å². The number of carbonyl (C=O) groups is 1. The van der Waals surface area contributed by atoms with Gasteiger partial charge in [0.15, 0.2) is 4.34 Å². The molecule has 3 rings (SSSR count). The fraction of sp³-hybridized carbons (Fsp3) is 0.176. The summed E-state index contributed by atoms with van der Waals surface area (Å²) in [5.74, 6) is -0.0193. The fourth-order valence-corrected chi connectivity index (χ4v) is 4.51. The van der Waals surface area contributed by atoms with E-state index in [-0.39, 0.29) is 11.2 Å². The van der Waals surface area contributed by atoms with Gasteiger partial charge in [-0.1, -0.05) is 53.7 Å². The van der Waals surface area contributed by atoms with Crippen LogP contribution in [0.5, 0.6) is 0 Å². The Hall–Kier alpha value is -1.56. The third-order valence-corrected chi connectivity index (χ3v) is 5.93. The minimum absolute atomic E-state index is 0.0193. The average Bonchev–Trinajstić information content (AvgIpc) is 2.96. The molecule has 3 aromatic rings. The van der Waals surface area contributed by atoms with E-state index in [0.717, 1.165) is 20.1 Å². The van der Waals surface area contributed by atoms with Gasteiger partial charge in [0.25, 0.3) is 0 Å². The second kappa shape index (κ2) is 7.34. The number of amides is 1. The Bertz CT molecular complexity index is 801. The number of halogens is 1. The molecule has 6 heteroatoms. The number of thioether (sulfide) groups is 1. The van der Waals surface area contributed by atoms with Crippen molar-refractivity contribution < 1.29 is 4.79 Å². The van der Waals surface area contributed by atoms with E-state index in [4.69, 9.17) is 11.6 Å². The molecule has 1 unspecified atom stereocenters. The van der Waals surface area contributed by atoms with Crippen LogP contribution in [0, 0.1) is 0 Å². The Labute approximate surface area is 148 Å². The predicted molar refractivity (Wildman–Crippen MR) is 98.2 cm³/mol. The Morgan fingerprint density at radius 1 is 1.26 bits per heavy atom. The summed E-state index contributed by atoms with van der Waals surface area (Å²) in [5.41, 5.74) is 1.89. The van der Waals surface area contributed by atoms with E-state index < -0.39 is 0 Å². The van der Waals surface area contributed by atoms with Crippen LogP contribution in [0.15, 0.2) is 52.9 Å². The lowest BCUT2D eigenvalue weighted by Gasteiger charge is -2.11. The van der Waals surface area contributed by atoms with Crippen LogP contribution >= 0.6 is 34.7 Å². The maximum atomic E-state index is 12.2. The summed E-state index contributed by atoms with van der Waals surface area (Å²) in [6.07, 6.45) is 0. The summed E-state index contributed by atoms with van der Waals surface area (Å²) in [7, 11) is 0. The van der Waals surface area contributed by atoms with Gasteiger partial charge in [-0.3, -0.25) is 4.79 Å². The highest BCUT2D eigenvalue weighted by molar-refractivity contribution is 8.02. The minimum Gasteiger partial charge on any atom is -0.351 e. The van der Waals surface area contributed by atoms with Crippen molar-refractivity contribution in [2.45, 2.75) is 23.1 Å². The molecule has 0 spiro atoms. The standard InChI is InChI=1S/C17H15ClN2OS2/c1-11(16(21)19-10-12-6-2-3-7-13(12)18)22-17-20-14-8-4-5-9-15(14)23-17/h2-9,11H,10H2,1H3,(H,19,21). The number of thiazole rings is 1. The molecule has 0 radical (unpaired) electrons. The van der Waals surface area contributed by atoms with Crippen LogP contribution in [-0.4, -0.2) is 16.1 Å². The summed E-state index contributed by atoms with van der Waals surface area (Å²) in [4.78, 5) is 16.8. The summed E-state index contributed by atoms with van der Waals surface area (Å²) in [6.45, 7) is 2.32. The van der Waals surface area contributed by atoms with Gasteiger partial charge in [-0.25, -0.2) is 4.98 Å². The van der Waals surface area contributed by atoms with E-state index >= 15 is 0 Å². The number of hydrogen-bond acceptors (Lipinski definition) is 4. The van der Waals surface area contributed by atoms with E-state index in [2.05, 4.69) is 10.3 Å². The first kappa shape index (κ1) is 16.3. The minimum atomic E-state index is -0.210. The molecule has 0 aliphatic rings. The largest absolute Gasteiger partial charge is 0.351 e. The molecular weight excluding hydrogens is 348 g/mol. The maximum absolute atomic E-state index is 12.2. The average molecular weight is 363 g/mol. The van der Waals surface area contributed by atoms with E-state index in [9.17, 15) is 4.79 Å². The number of rotatable bonds is 5. The van der Waals surface area contributed by atoms with Gasteiger partial charge < -0.3 is 5.32 Å². The SMILES string of the molecule is CC(Sc1nc2ccccc2s1)C(=O)NCc1ccccc1Cl. The van der Waals surface area contributed by atoms with Crippen molar-refractivity contribution in [1.29, 1.82) is 0 Å². The number of fused-ring (bicyclic) bond motifs is 1. The molecule has 2 aromatic carbocycles. The second-order valence-electron chi connectivity index (χ2n) is 5.02. The Morgan fingerprint density at radius 3 is 2.78 bits per heavy atom. The first-order valence-electron chi connectivity index (χ1n) is 7.17. The first-order chi connectivity index (χ1) is 11.1. The van der Waals surface area contributed by atoms with Gasteiger partial charge in [0.1, 0.15) is 0 Å². The van der Waals surface area contributed by atoms with Crippen LogP contribution in [0.25, 0.3) is 10.2 Å². The topological polar surface area (TPSA) is 42.0 Å². The Balaban J connectivity index is 1.60. The molecule has 3 nitrogen and oxygen atoms in total. The normalized spacial score (nSPS) is 12.3. The van der Waals surface area contributed by atoms with Crippen LogP contribution in [0.1, 0.15) is 12.5 Å². The number of aromatic nitrogens is 1. The van der Waals surface area contributed by atoms with Crippen LogP contribution in [-0.2, 0) is 11.3 Å². The van der Waals surface area contributed by atoms with E-state index in [1.807, 2.05) is 55.5 Å². The number of hydrogen-bond donors (Lipinski definition) is 1. The highest BCUT2D eigenvalue weighted by Gasteiger charge is 2.16. The molecule has 23 heavy (non-hydrogen) atoms. The summed E-state index contributed by atoms with van der Waals surface area (Å²) in [5, 5.41) is 3.38. The highest BCUT2D eigenvalue weighted by Crippen LogP contribution is 2.31.